The molecule has 98 valence electrons. The van der Waals surface area contributed by atoms with Gasteiger partial charge < -0.3 is 10.6 Å². The van der Waals surface area contributed by atoms with E-state index in [0.717, 1.165) is 24.5 Å². The lowest BCUT2D eigenvalue weighted by molar-refractivity contribution is 0.838. The first-order chi connectivity index (χ1) is 9.16. The summed E-state index contributed by atoms with van der Waals surface area (Å²) in [6.07, 6.45) is 2.68. The highest BCUT2D eigenvalue weighted by Gasteiger charge is 2.05. The molecule has 0 saturated carbocycles. The molecule has 19 heavy (non-hydrogen) atoms. The van der Waals surface area contributed by atoms with Crippen LogP contribution in [-0.2, 0) is 6.42 Å². The van der Waals surface area contributed by atoms with Crippen molar-refractivity contribution in [2.75, 3.05) is 18.5 Å². The smallest absolute Gasteiger partial charge is 0.129 e. The molecule has 0 spiro atoms. The van der Waals surface area contributed by atoms with Gasteiger partial charge in [-0.15, -0.1) is 0 Å². The van der Waals surface area contributed by atoms with Crippen molar-refractivity contribution < 1.29 is 0 Å². The molecular weight excluding hydrogens is 256 g/mol. The molecule has 0 atom stereocenters. The maximum atomic E-state index is 5.59. The summed E-state index contributed by atoms with van der Waals surface area (Å²) in [5.74, 6) is 0.862. The molecule has 5 heteroatoms. The van der Waals surface area contributed by atoms with Gasteiger partial charge in [0.25, 0.3) is 0 Å². The zero-order valence-corrected chi connectivity index (χ0v) is 11.6. The molecule has 2 aromatic heterocycles. The number of nitrogens with zero attached hydrogens (tertiary/aromatic N) is 3. The van der Waals surface area contributed by atoms with E-state index in [1.165, 1.54) is 0 Å². The Morgan fingerprint density at radius 1 is 1.26 bits per heavy atom. The van der Waals surface area contributed by atoms with Gasteiger partial charge in [-0.2, -0.15) is 0 Å². The average Bonchev–Trinajstić information content (AvgIpc) is 2.46. The summed E-state index contributed by atoms with van der Waals surface area (Å²) in [5.41, 5.74) is 7.31. The SMILES string of the molecule is CN(CCc1ccccn1)c1cccc(C(N)=S)n1. The van der Waals surface area contributed by atoms with Crippen LogP contribution < -0.4 is 10.6 Å². The van der Waals surface area contributed by atoms with E-state index in [1.807, 2.05) is 43.4 Å². The molecule has 0 aliphatic carbocycles. The van der Waals surface area contributed by atoms with Crippen molar-refractivity contribution in [3.63, 3.8) is 0 Å². The monoisotopic (exact) mass is 272 g/mol. The van der Waals surface area contributed by atoms with Crippen LogP contribution in [0.2, 0.25) is 0 Å². The molecule has 2 aromatic rings. The normalized spacial score (nSPS) is 10.2. The highest BCUT2D eigenvalue weighted by Crippen LogP contribution is 2.10. The van der Waals surface area contributed by atoms with E-state index >= 15 is 0 Å². The Bertz CT molecular complexity index is 556. The maximum absolute atomic E-state index is 5.59. The topological polar surface area (TPSA) is 55.0 Å². The summed E-state index contributed by atoms with van der Waals surface area (Å²) in [4.78, 5) is 11.1. The van der Waals surface area contributed by atoms with Gasteiger partial charge in [0.05, 0.1) is 5.69 Å². The lowest BCUT2D eigenvalue weighted by Crippen LogP contribution is -2.23. The molecular formula is C14H16N4S. The second-order valence-corrected chi connectivity index (χ2v) is 4.68. The number of nitrogens with two attached hydrogens (primary N) is 1. The van der Waals surface area contributed by atoms with Gasteiger partial charge in [0.15, 0.2) is 0 Å². The van der Waals surface area contributed by atoms with Gasteiger partial charge in [-0.25, -0.2) is 4.98 Å². The van der Waals surface area contributed by atoms with E-state index in [1.54, 1.807) is 6.20 Å². The quantitative estimate of drug-likeness (QED) is 0.841. The molecule has 0 amide bonds. The minimum atomic E-state index is 0.319. The van der Waals surface area contributed by atoms with Gasteiger partial charge >= 0.3 is 0 Å². The minimum absolute atomic E-state index is 0.319. The Labute approximate surface area is 118 Å². The number of aromatic nitrogens is 2. The third-order valence-corrected chi connectivity index (χ3v) is 3.02. The second kappa shape index (κ2) is 6.24. The highest BCUT2D eigenvalue weighted by atomic mass is 32.1. The van der Waals surface area contributed by atoms with Crippen LogP contribution in [0.3, 0.4) is 0 Å². The number of pyridine rings is 2. The van der Waals surface area contributed by atoms with E-state index in [0.29, 0.717) is 10.7 Å². The molecule has 0 bridgehead atoms. The summed E-state index contributed by atoms with van der Waals surface area (Å²) in [7, 11) is 1.99. The van der Waals surface area contributed by atoms with Crippen LogP contribution in [0, 0.1) is 0 Å². The fourth-order valence-corrected chi connectivity index (χ4v) is 1.83. The van der Waals surface area contributed by atoms with Crippen LogP contribution in [0.5, 0.6) is 0 Å². The molecule has 0 aliphatic heterocycles. The van der Waals surface area contributed by atoms with Crippen molar-refractivity contribution in [1.29, 1.82) is 0 Å². The Balaban J connectivity index is 2.02. The molecule has 0 aromatic carbocycles. The van der Waals surface area contributed by atoms with Crippen LogP contribution >= 0.6 is 12.2 Å². The first-order valence-corrected chi connectivity index (χ1v) is 6.45. The molecule has 2 rings (SSSR count). The van der Waals surface area contributed by atoms with Gasteiger partial charge in [-0.05, 0) is 24.3 Å². The van der Waals surface area contributed by atoms with Crippen LogP contribution in [0.25, 0.3) is 0 Å². The molecule has 2 heterocycles. The predicted octanol–water partition coefficient (Wildman–Crippen LogP) is 1.79. The second-order valence-electron chi connectivity index (χ2n) is 4.24. The minimum Gasteiger partial charge on any atom is -0.388 e. The summed E-state index contributed by atoms with van der Waals surface area (Å²) in [6.45, 7) is 0.838. The van der Waals surface area contributed by atoms with E-state index in [2.05, 4.69) is 14.9 Å². The molecule has 0 radical (unpaired) electrons. The molecule has 2 N–H and O–H groups in total. The predicted molar refractivity (Wildman–Crippen MR) is 81.3 cm³/mol. The molecule has 0 unspecified atom stereocenters. The van der Waals surface area contributed by atoms with E-state index in [4.69, 9.17) is 18.0 Å². The van der Waals surface area contributed by atoms with Crippen molar-refractivity contribution in [3.05, 3.63) is 54.0 Å². The van der Waals surface area contributed by atoms with Gasteiger partial charge in [0, 0.05) is 31.9 Å². The van der Waals surface area contributed by atoms with Crippen molar-refractivity contribution in [3.8, 4) is 0 Å². The third-order valence-electron chi connectivity index (χ3n) is 2.81. The number of rotatable bonds is 5. The first kappa shape index (κ1) is 13.4. The van der Waals surface area contributed by atoms with Gasteiger partial charge in [0.2, 0.25) is 0 Å². The number of likely N-dealkylation sites (N-methyl/N-ethyl adjacent to an activating group) is 1. The standard InChI is InChI=1S/C14H16N4S/c1-18(10-8-11-5-2-3-9-16-11)13-7-4-6-12(17-13)14(15)19/h2-7,9H,8,10H2,1H3,(H2,15,19). The van der Waals surface area contributed by atoms with E-state index < -0.39 is 0 Å². The third kappa shape index (κ3) is 3.72. The number of anilines is 1. The Hall–Kier alpha value is -2.01. The lowest BCUT2D eigenvalue weighted by atomic mass is 10.2. The largest absolute Gasteiger partial charge is 0.388 e. The van der Waals surface area contributed by atoms with E-state index in [9.17, 15) is 0 Å². The Morgan fingerprint density at radius 2 is 2.11 bits per heavy atom. The van der Waals surface area contributed by atoms with Crippen LogP contribution in [-0.4, -0.2) is 28.5 Å². The Kier molecular flexibility index (Phi) is 4.41. The van der Waals surface area contributed by atoms with Crippen molar-refractivity contribution in [1.82, 2.24) is 9.97 Å². The number of thiocarbonyl (C=S) groups is 1. The van der Waals surface area contributed by atoms with Crippen LogP contribution in [0.4, 0.5) is 5.82 Å². The molecule has 0 aliphatic rings. The summed E-state index contributed by atoms with van der Waals surface area (Å²) < 4.78 is 0. The molecule has 4 nitrogen and oxygen atoms in total. The number of hydrogen-bond donors (Lipinski definition) is 1. The number of hydrogen-bond acceptors (Lipinski definition) is 4. The zero-order valence-electron chi connectivity index (χ0n) is 10.8. The fourth-order valence-electron chi connectivity index (χ4n) is 1.72. The van der Waals surface area contributed by atoms with Crippen LogP contribution in [0.15, 0.2) is 42.6 Å². The molecule has 0 fully saturated rings. The van der Waals surface area contributed by atoms with Gasteiger partial charge in [-0.1, -0.05) is 24.4 Å². The fraction of sp³-hybridized carbons (Fsp3) is 0.214. The summed E-state index contributed by atoms with van der Waals surface area (Å²) in [5, 5.41) is 0. The van der Waals surface area contributed by atoms with Gasteiger partial charge in [0.1, 0.15) is 10.8 Å². The zero-order chi connectivity index (χ0) is 13.7. The molecule has 0 saturated heterocycles. The van der Waals surface area contributed by atoms with E-state index in [-0.39, 0.29) is 0 Å². The van der Waals surface area contributed by atoms with Crippen molar-refractivity contribution in [2.45, 2.75) is 6.42 Å². The summed E-state index contributed by atoms with van der Waals surface area (Å²) >= 11 is 4.94. The summed E-state index contributed by atoms with van der Waals surface area (Å²) in [6, 6.07) is 11.6. The lowest BCUT2D eigenvalue weighted by Gasteiger charge is -2.18. The maximum Gasteiger partial charge on any atom is 0.129 e. The Morgan fingerprint density at radius 3 is 2.79 bits per heavy atom. The van der Waals surface area contributed by atoms with Crippen LogP contribution in [0.1, 0.15) is 11.4 Å². The van der Waals surface area contributed by atoms with Gasteiger partial charge in [-0.3, -0.25) is 4.98 Å². The average molecular weight is 272 g/mol. The first-order valence-electron chi connectivity index (χ1n) is 6.05. The van der Waals surface area contributed by atoms with Crippen molar-refractivity contribution >= 4 is 23.0 Å². The van der Waals surface area contributed by atoms with Crippen molar-refractivity contribution in [2.24, 2.45) is 5.73 Å². The highest BCUT2D eigenvalue weighted by molar-refractivity contribution is 7.80.